The molecule has 8 heteroatoms. The maximum absolute atomic E-state index is 13.2. The zero-order valence-electron chi connectivity index (χ0n) is 13.7. The standard InChI is InChI=1S/C17H22F4N2O.ClH/c18-12-5-4-11(14(8-12)17(19,20)21)9-23-15-3-1-2-13(15)16-10-24-7-6-22-16;/h4-5,8,13,15-16,22-23H,1-3,6-7,9-10H2;1H. The molecule has 3 rings (SSSR count). The normalized spacial score (nSPS) is 27.1. The molecular formula is C17H23ClF4N2O. The molecule has 1 saturated heterocycles. The molecule has 1 heterocycles. The van der Waals surface area contributed by atoms with E-state index in [9.17, 15) is 17.6 Å². The zero-order valence-corrected chi connectivity index (χ0v) is 14.6. The van der Waals surface area contributed by atoms with Crippen molar-refractivity contribution in [1.82, 2.24) is 10.6 Å². The SMILES string of the molecule is Cl.Fc1ccc(CNC2CCCC2C2COCCN2)c(C(F)(F)F)c1. The van der Waals surface area contributed by atoms with Crippen LogP contribution in [-0.4, -0.2) is 31.8 Å². The van der Waals surface area contributed by atoms with Gasteiger partial charge in [0, 0.05) is 25.2 Å². The molecule has 0 spiro atoms. The quantitative estimate of drug-likeness (QED) is 0.782. The first-order valence-corrected chi connectivity index (χ1v) is 8.35. The fourth-order valence-electron chi connectivity index (χ4n) is 3.79. The molecule has 2 fully saturated rings. The van der Waals surface area contributed by atoms with E-state index in [1.165, 1.54) is 6.07 Å². The van der Waals surface area contributed by atoms with Gasteiger partial charge in [0.05, 0.1) is 18.8 Å². The third-order valence-electron chi connectivity index (χ3n) is 4.97. The number of hydrogen-bond donors (Lipinski definition) is 2. The van der Waals surface area contributed by atoms with Crippen molar-refractivity contribution in [3.63, 3.8) is 0 Å². The van der Waals surface area contributed by atoms with Crippen molar-refractivity contribution in [3.05, 3.63) is 35.1 Å². The van der Waals surface area contributed by atoms with Crippen molar-refractivity contribution in [2.75, 3.05) is 19.8 Å². The highest BCUT2D eigenvalue weighted by molar-refractivity contribution is 5.85. The zero-order chi connectivity index (χ0) is 17.2. The van der Waals surface area contributed by atoms with Gasteiger partial charge in [0.15, 0.2) is 0 Å². The van der Waals surface area contributed by atoms with Crippen molar-refractivity contribution in [3.8, 4) is 0 Å². The number of hydrogen-bond acceptors (Lipinski definition) is 3. The Morgan fingerprint density at radius 2 is 2.04 bits per heavy atom. The first kappa shape index (κ1) is 20.4. The van der Waals surface area contributed by atoms with E-state index in [1.54, 1.807) is 0 Å². The number of benzene rings is 1. The van der Waals surface area contributed by atoms with Gasteiger partial charge in [-0.1, -0.05) is 12.5 Å². The van der Waals surface area contributed by atoms with Crippen LogP contribution in [-0.2, 0) is 17.5 Å². The average Bonchev–Trinajstić information content (AvgIpc) is 3.02. The molecular weight excluding hydrogens is 360 g/mol. The Kier molecular flexibility index (Phi) is 7.08. The summed E-state index contributed by atoms with van der Waals surface area (Å²) in [7, 11) is 0. The Morgan fingerprint density at radius 3 is 2.72 bits per heavy atom. The molecule has 1 aromatic carbocycles. The minimum absolute atomic E-state index is 0. The van der Waals surface area contributed by atoms with Gasteiger partial charge >= 0.3 is 6.18 Å². The minimum atomic E-state index is -4.55. The summed E-state index contributed by atoms with van der Waals surface area (Å²) < 4.78 is 57.9. The van der Waals surface area contributed by atoms with E-state index in [0.717, 1.165) is 31.9 Å². The van der Waals surface area contributed by atoms with E-state index >= 15 is 0 Å². The second kappa shape index (κ2) is 8.66. The van der Waals surface area contributed by atoms with Crippen LogP contribution < -0.4 is 10.6 Å². The molecule has 0 bridgehead atoms. The van der Waals surface area contributed by atoms with Gasteiger partial charge in [-0.15, -0.1) is 12.4 Å². The van der Waals surface area contributed by atoms with Crippen LogP contribution in [0.25, 0.3) is 0 Å². The van der Waals surface area contributed by atoms with E-state index in [4.69, 9.17) is 4.74 Å². The molecule has 1 saturated carbocycles. The molecule has 2 N–H and O–H groups in total. The Bertz CT molecular complexity index is 564. The minimum Gasteiger partial charge on any atom is -0.379 e. The van der Waals surface area contributed by atoms with E-state index in [0.29, 0.717) is 25.2 Å². The molecule has 3 nitrogen and oxygen atoms in total. The topological polar surface area (TPSA) is 33.3 Å². The molecule has 2 aliphatic rings. The monoisotopic (exact) mass is 382 g/mol. The number of nitrogens with one attached hydrogen (secondary N) is 2. The lowest BCUT2D eigenvalue weighted by Crippen LogP contribution is -2.50. The van der Waals surface area contributed by atoms with Crippen molar-refractivity contribution < 1.29 is 22.3 Å². The van der Waals surface area contributed by atoms with Gasteiger partial charge in [0.25, 0.3) is 0 Å². The van der Waals surface area contributed by atoms with Crippen molar-refractivity contribution >= 4 is 12.4 Å². The third-order valence-corrected chi connectivity index (χ3v) is 4.97. The Labute approximate surface area is 150 Å². The highest BCUT2D eigenvalue weighted by atomic mass is 35.5. The van der Waals surface area contributed by atoms with Gasteiger partial charge in [-0.25, -0.2) is 4.39 Å². The van der Waals surface area contributed by atoms with Crippen LogP contribution in [0.5, 0.6) is 0 Å². The maximum Gasteiger partial charge on any atom is 0.416 e. The third kappa shape index (κ3) is 5.06. The predicted octanol–water partition coefficient (Wildman–Crippen LogP) is 3.51. The van der Waals surface area contributed by atoms with E-state index in [-0.39, 0.29) is 36.6 Å². The van der Waals surface area contributed by atoms with Crippen LogP contribution in [0, 0.1) is 11.7 Å². The molecule has 0 amide bonds. The van der Waals surface area contributed by atoms with Gasteiger partial charge in [0.1, 0.15) is 5.82 Å². The van der Waals surface area contributed by atoms with Crippen molar-refractivity contribution in [2.45, 2.75) is 44.1 Å². The van der Waals surface area contributed by atoms with Crippen molar-refractivity contribution in [2.24, 2.45) is 5.92 Å². The first-order chi connectivity index (χ1) is 11.4. The smallest absolute Gasteiger partial charge is 0.379 e. The van der Waals surface area contributed by atoms with Crippen LogP contribution in [0.2, 0.25) is 0 Å². The molecule has 3 atom stereocenters. The van der Waals surface area contributed by atoms with E-state index in [1.807, 2.05) is 0 Å². The number of morpholine rings is 1. The first-order valence-electron chi connectivity index (χ1n) is 8.35. The van der Waals surface area contributed by atoms with Crippen LogP contribution in [0.4, 0.5) is 17.6 Å². The van der Waals surface area contributed by atoms with Crippen LogP contribution >= 0.6 is 12.4 Å². The van der Waals surface area contributed by atoms with Crippen LogP contribution in [0.3, 0.4) is 0 Å². The molecule has 142 valence electrons. The van der Waals surface area contributed by atoms with Crippen LogP contribution in [0.1, 0.15) is 30.4 Å². The second-order valence-electron chi connectivity index (χ2n) is 6.52. The Hall–Kier alpha value is -0.890. The van der Waals surface area contributed by atoms with E-state index < -0.39 is 17.6 Å². The van der Waals surface area contributed by atoms with E-state index in [2.05, 4.69) is 10.6 Å². The highest BCUT2D eigenvalue weighted by Gasteiger charge is 2.36. The lowest BCUT2D eigenvalue weighted by molar-refractivity contribution is -0.138. The van der Waals surface area contributed by atoms with Gasteiger partial charge in [-0.3, -0.25) is 0 Å². The predicted molar refractivity (Wildman–Crippen MR) is 89.2 cm³/mol. The summed E-state index contributed by atoms with van der Waals surface area (Å²) in [6.45, 7) is 2.24. The van der Waals surface area contributed by atoms with Gasteiger partial charge in [-0.2, -0.15) is 13.2 Å². The molecule has 1 aliphatic carbocycles. The second-order valence-corrected chi connectivity index (χ2v) is 6.52. The maximum atomic E-state index is 13.2. The molecule has 0 radical (unpaired) electrons. The number of halogens is 5. The highest BCUT2D eigenvalue weighted by Crippen LogP contribution is 2.34. The van der Waals surface area contributed by atoms with Crippen molar-refractivity contribution in [1.29, 1.82) is 0 Å². The number of rotatable bonds is 4. The lowest BCUT2D eigenvalue weighted by Gasteiger charge is -2.33. The summed E-state index contributed by atoms with van der Waals surface area (Å²) in [5.74, 6) is -0.520. The van der Waals surface area contributed by atoms with Gasteiger partial charge in [0.2, 0.25) is 0 Å². The summed E-state index contributed by atoms with van der Waals surface area (Å²) >= 11 is 0. The average molecular weight is 383 g/mol. The summed E-state index contributed by atoms with van der Waals surface area (Å²) in [6.07, 6.45) is -1.53. The molecule has 0 aromatic heterocycles. The fraction of sp³-hybridized carbons (Fsp3) is 0.647. The molecule has 1 aliphatic heterocycles. The van der Waals surface area contributed by atoms with Gasteiger partial charge < -0.3 is 15.4 Å². The number of ether oxygens (including phenoxy) is 1. The number of alkyl halides is 3. The summed E-state index contributed by atoms with van der Waals surface area (Å²) in [4.78, 5) is 0. The van der Waals surface area contributed by atoms with Crippen LogP contribution in [0.15, 0.2) is 18.2 Å². The fourth-order valence-corrected chi connectivity index (χ4v) is 3.79. The molecule has 3 unspecified atom stereocenters. The summed E-state index contributed by atoms with van der Waals surface area (Å²) in [5, 5.41) is 6.70. The molecule has 25 heavy (non-hydrogen) atoms. The summed E-state index contributed by atoms with van der Waals surface area (Å²) in [5.41, 5.74) is -0.814. The lowest BCUT2D eigenvalue weighted by atomic mass is 9.93. The Balaban J connectivity index is 0.00000225. The largest absolute Gasteiger partial charge is 0.416 e. The summed E-state index contributed by atoms with van der Waals surface area (Å²) in [6, 6.07) is 3.26. The Morgan fingerprint density at radius 1 is 1.24 bits per heavy atom. The molecule has 1 aromatic rings. The van der Waals surface area contributed by atoms with Gasteiger partial charge in [-0.05, 0) is 36.5 Å².